The summed E-state index contributed by atoms with van der Waals surface area (Å²) >= 11 is 2.42. The first kappa shape index (κ1) is 13.7. The number of rotatable bonds is 4. The molecule has 2 atom stereocenters. The Morgan fingerprint density at radius 3 is 2.69 bits per heavy atom. The zero-order valence-electron chi connectivity index (χ0n) is 10.2. The van der Waals surface area contributed by atoms with E-state index in [1.807, 2.05) is 0 Å². The van der Waals surface area contributed by atoms with E-state index in [9.17, 15) is 4.79 Å². The van der Waals surface area contributed by atoms with Gasteiger partial charge in [-0.25, -0.2) is 0 Å². The van der Waals surface area contributed by atoms with Crippen LogP contribution in [0.3, 0.4) is 0 Å². The summed E-state index contributed by atoms with van der Waals surface area (Å²) < 4.78 is 0.601. The lowest BCUT2D eigenvalue weighted by Gasteiger charge is -2.20. The highest BCUT2D eigenvalue weighted by atomic mass is 127. The second kappa shape index (κ2) is 6.38. The van der Waals surface area contributed by atoms with E-state index >= 15 is 0 Å². The van der Waals surface area contributed by atoms with Gasteiger partial charge in [0.15, 0.2) is 0 Å². The fourth-order valence-electron chi connectivity index (χ4n) is 1.96. The van der Waals surface area contributed by atoms with Crippen molar-refractivity contribution >= 4 is 28.9 Å². The van der Waals surface area contributed by atoms with Crippen molar-refractivity contribution in [2.24, 2.45) is 5.92 Å². The maximum atomic E-state index is 11.0. The molecule has 1 aliphatic rings. The molecule has 0 aliphatic heterocycles. The summed E-state index contributed by atoms with van der Waals surface area (Å²) in [5, 5.41) is 0. The lowest BCUT2D eigenvalue weighted by Crippen LogP contribution is -2.09. The first-order chi connectivity index (χ1) is 7.58. The topological polar surface area (TPSA) is 17.1 Å². The predicted octanol–water partition coefficient (Wildman–Crippen LogP) is 4.24. The lowest BCUT2D eigenvalue weighted by atomic mass is 9.84. The van der Waals surface area contributed by atoms with Gasteiger partial charge in [0.25, 0.3) is 0 Å². The average Bonchev–Trinajstić information content (AvgIpc) is 2.22. The van der Waals surface area contributed by atoms with Gasteiger partial charge in [0.1, 0.15) is 6.29 Å². The summed E-state index contributed by atoms with van der Waals surface area (Å²) in [7, 11) is 0. The molecule has 0 saturated carbocycles. The monoisotopic (exact) mass is 330 g/mol. The smallest absolute Gasteiger partial charge is 0.146 e. The molecule has 2 heteroatoms. The first-order valence-corrected chi connectivity index (χ1v) is 7.04. The summed E-state index contributed by atoms with van der Waals surface area (Å²) in [4.78, 5) is 11.0. The van der Waals surface area contributed by atoms with E-state index in [0.29, 0.717) is 3.92 Å². The van der Waals surface area contributed by atoms with Crippen LogP contribution < -0.4 is 0 Å². The SMILES string of the molecule is CC/C=C1/C=C(C[C@H](C)I)C=C(C=O)[C@@H]1C. The maximum Gasteiger partial charge on any atom is 0.146 e. The molecular formula is C14H19IO. The van der Waals surface area contributed by atoms with E-state index in [2.05, 4.69) is 61.6 Å². The molecule has 0 aromatic carbocycles. The fraction of sp³-hybridized carbons (Fsp3) is 0.500. The quantitative estimate of drug-likeness (QED) is 0.428. The molecule has 0 spiro atoms. The summed E-state index contributed by atoms with van der Waals surface area (Å²) in [5.41, 5.74) is 3.48. The largest absolute Gasteiger partial charge is 0.298 e. The number of hydrogen-bond acceptors (Lipinski definition) is 1. The zero-order valence-corrected chi connectivity index (χ0v) is 12.3. The van der Waals surface area contributed by atoms with E-state index in [1.54, 1.807) is 0 Å². The Kier molecular flexibility index (Phi) is 5.46. The molecule has 16 heavy (non-hydrogen) atoms. The summed E-state index contributed by atoms with van der Waals surface area (Å²) in [5.74, 6) is 0.255. The van der Waals surface area contributed by atoms with E-state index < -0.39 is 0 Å². The van der Waals surface area contributed by atoms with Gasteiger partial charge in [-0.1, -0.05) is 61.6 Å². The first-order valence-electron chi connectivity index (χ1n) is 5.80. The van der Waals surface area contributed by atoms with Crippen LogP contribution in [0, 0.1) is 5.92 Å². The van der Waals surface area contributed by atoms with Crippen LogP contribution in [0.2, 0.25) is 0 Å². The molecular weight excluding hydrogens is 311 g/mol. The molecule has 0 heterocycles. The Morgan fingerprint density at radius 1 is 1.50 bits per heavy atom. The number of hydrogen-bond donors (Lipinski definition) is 0. The molecule has 0 unspecified atom stereocenters. The Balaban J connectivity index is 2.99. The standard InChI is InChI=1S/C14H19IO/c1-4-5-13-7-12(6-10(2)15)8-14(9-16)11(13)3/h5,7-11H,4,6H2,1-3H3/b13-5-/t10-,11+/m0/s1. The Labute approximate surface area is 112 Å². The summed E-state index contributed by atoms with van der Waals surface area (Å²) in [6, 6.07) is 0. The third-order valence-electron chi connectivity index (χ3n) is 2.80. The Hall–Kier alpha value is -0.380. The second-order valence-electron chi connectivity index (χ2n) is 4.30. The van der Waals surface area contributed by atoms with Gasteiger partial charge >= 0.3 is 0 Å². The second-order valence-corrected chi connectivity index (χ2v) is 6.43. The number of carbonyl (C=O) groups is 1. The van der Waals surface area contributed by atoms with Crippen LogP contribution in [0.5, 0.6) is 0 Å². The number of allylic oxidation sites excluding steroid dienone is 6. The van der Waals surface area contributed by atoms with E-state index in [-0.39, 0.29) is 5.92 Å². The molecule has 88 valence electrons. The highest BCUT2D eigenvalue weighted by Crippen LogP contribution is 2.30. The van der Waals surface area contributed by atoms with Crippen molar-refractivity contribution in [1.82, 2.24) is 0 Å². The van der Waals surface area contributed by atoms with Gasteiger partial charge in [-0.3, -0.25) is 4.79 Å². The molecule has 0 radical (unpaired) electrons. The zero-order chi connectivity index (χ0) is 12.1. The van der Waals surface area contributed by atoms with Crippen molar-refractivity contribution in [3.63, 3.8) is 0 Å². The van der Waals surface area contributed by atoms with Gasteiger partial charge in [0, 0.05) is 9.84 Å². The minimum atomic E-state index is 0.255. The molecule has 0 aromatic heterocycles. The molecule has 0 fully saturated rings. The lowest BCUT2D eigenvalue weighted by molar-refractivity contribution is -0.105. The van der Waals surface area contributed by atoms with Gasteiger partial charge in [0.2, 0.25) is 0 Å². The van der Waals surface area contributed by atoms with Crippen LogP contribution in [-0.4, -0.2) is 10.2 Å². The molecule has 0 aromatic rings. The molecule has 1 aliphatic carbocycles. The van der Waals surface area contributed by atoms with Crippen LogP contribution in [-0.2, 0) is 4.79 Å². The molecule has 0 amide bonds. The maximum absolute atomic E-state index is 11.0. The average molecular weight is 330 g/mol. The molecule has 0 saturated heterocycles. The highest BCUT2D eigenvalue weighted by Gasteiger charge is 2.17. The van der Waals surface area contributed by atoms with Gasteiger partial charge in [-0.2, -0.15) is 0 Å². The predicted molar refractivity (Wildman–Crippen MR) is 77.9 cm³/mol. The number of halogens is 1. The third-order valence-corrected chi connectivity index (χ3v) is 3.24. The van der Waals surface area contributed by atoms with Crippen molar-refractivity contribution in [3.8, 4) is 0 Å². The van der Waals surface area contributed by atoms with Gasteiger partial charge < -0.3 is 0 Å². The third kappa shape index (κ3) is 3.58. The van der Waals surface area contributed by atoms with Crippen molar-refractivity contribution in [2.45, 2.75) is 37.5 Å². The molecule has 0 bridgehead atoms. The number of carbonyl (C=O) groups excluding carboxylic acids is 1. The van der Waals surface area contributed by atoms with Crippen LogP contribution in [0.15, 0.2) is 34.9 Å². The molecule has 1 nitrogen and oxygen atoms in total. The number of aldehydes is 1. The summed E-state index contributed by atoms with van der Waals surface area (Å²) in [6.45, 7) is 6.42. The summed E-state index contributed by atoms with van der Waals surface area (Å²) in [6.07, 6.45) is 9.58. The van der Waals surface area contributed by atoms with Gasteiger partial charge in [-0.05, 0) is 29.6 Å². The van der Waals surface area contributed by atoms with E-state index in [0.717, 1.165) is 24.7 Å². The van der Waals surface area contributed by atoms with Crippen LogP contribution >= 0.6 is 22.6 Å². The minimum absolute atomic E-state index is 0.255. The van der Waals surface area contributed by atoms with Crippen LogP contribution in [0.25, 0.3) is 0 Å². The van der Waals surface area contributed by atoms with Crippen LogP contribution in [0.4, 0.5) is 0 Å². The fourth-order valence-corrected chi connectivity index (χ4v) is 2.47. The van der Waals surface area contributed by atoms with E-state index in [4.69, 9.17) is 0 Å². The van der Waals surface area contributed by atoms with Crippen molar-refractivity contribution in [2.75, 3.05) is 0 Å². The van der Waals surface area contributed by atoms with Gasteiger partial charge in [-0.15, -0.1) is 0 Å². The normalized spacial score (nSPS) is 25.0. The highest BCUT2D eigenvalue weighted by molar-refractivity contribution is 14.1. The Morgan fingerprint density at radius 2 is 2.19 bits per heavy atom. The Bertz CT molecular complexity index is 348. The van der Waals surface area contributed by atoms with Crippen molar-refractivity contribution in [3.05, 3.63) is 34.9 Å². The minimum Gasteiger partial charge on any atom is -0.298 e. The molecule has 0 N–H and O–H groups in total. The van der Waals surface area contributed by atoms with Crippen LogP contribution in [0.1, 0.15) is 33.6 Å². The van der Waals surface area contributed by atoms with Gasteiger partial charge in [0.05, 0.1) is 0 Å². The van der Waals surface area contributed by atoms with Crippen molar-refractivity contribution in [1.29, 1.82) is 0 Å². The van der Waals surface area contributed by atoms with E-state index in [1.165, 1.54) is 11.1 Å². The number of alkyl halides is 1. The molecule has 1 rings (SSSR count). The van der Waals surface area contributed by atoms with Crippen molar-refractivity contribution < 1.29 is 4.79 Å².